The maximum atomic E-state index is 13.0. The van der Waals surface area contributed by atoms with Gasteiger partial charge in [0.1, 0.15) is 12.1 Å². The molecule has 4 amide bonds. The van der Waals surface area contributed by atoms with Gasteiger partial charge in [-0.2, -0.15) is 0 Å². The number of likely N-dealkylation sites (tertiary alicyclic amines) is 2. The Balaban J connectivity index is 0.987. The van der Waals surface area contributed by atoms with Gasteiger partial charge in [-0.05, 0) is 84.0 Å². The monoisotopic (exact) mass is 652 g/mol. The third-order valence-electron chi connectivity index (χ3n) is 8.39. The van der Waals surface area contributed by atoms with Gasteiger partial charge in [-0.3, -0.25) is 19.2 Å². The molecule has 2 fully saturated rings. The van der Waals surface area contributed by atoms with Crippen molar-refractivity contribution in [2.45, 2.75) is 50.6 Å². The van der Waals surface area contributed by atoms with E-state index in [1.54, 1.807) is 32.5 Å². The summed E-state index contributed by atoms with van der Waals surface area (Å²) in [7, 11) is 0. The first kappa shape index (κ1) is 31.4. The van der Waals surface area contributed by atoms with Gasteiger partial charge in [0.05, 0.1) is 12.8 Å². The predicted octanol–water partition coefficient (Wildman–Crippen LogP) is 6.32. The molecule has 0 unspecified atom stereocenters. The van der Waals surface area contributed by atoms with Gasteiger partial charge in [0, 0.05) is 34.2 Å². The van der Waals surface area contributed by atoms with Crippen LogP contribution in [0.15, 0.2) is 83.6 Å². The number of amides is 4. The molecule has 2 aromatic carbocycles. The van der Waals surface area contributed by atoms with E-state index < -0.39 is 12.1 Å². The van der Waals surface area contributed by atoms with Gasteiger partial charge in [-0.15, -0.1) is 22.7 Å². The molecule has 2 atom stereocenters. The van der Waals surface area contributed by atoms with Gasteiger partial charge in [0.15, 0.2) is 0 Å². The topological polar surface area (TPSA) is 98.8 Å². The number of benzene rings is 2. The van der Waals surface area contributed by atoms with Crippen LogP contribution in [0.4, 0.5) is 11.4 Å². The highest BCUT2D eigenvalue weighted by molar-refractivity contribution is 7.10. The van der Waals surface area contributed by atoms with Crippen molar-refractivity contribution in [1.82, 2.24) is 9.80 Å². The van der Waals surface area contributed by atoms with Crippen molar-refractivity contribution in [3.63, 3.8) is 0 Å². The van der Waals surface area contributed by atoms with E-state index in [-0.39, 0.29) is 23.6 Å². The number of nitrogens with one attached hydrogen (secondary N) is 2. The second-order valence-electron chi connectivity index (χ2n) is 11.6. The summed E-state index contributed by atoms with van der Waals surface area (Å²) in [5.41, 5.74) is 3.32. The van der Waals surface area contributed by atoms with Crippen molar-refractivity contribution in [1.29, 1.82) is 0 Å². The quantitative estimate of drug-likeness (QED) is 0.196. The number of carbonyl (C=O) groups excluding carboxylic acids is 4. The Morgan fingerprint density at radius 2 is 1.04 bits per heavy atom. The molecule has 236 valence electrons. The van der Waals surface area contributed by atoms with E-state index in [9.17, 15) is 19.2 Å². The molecule has 46 heavy (non-hydrogen) atoms. The zero-order chi connectivity index (χ0) is 31.9. The molecule has 6 rings (SSSR count). The highest BCUT2D eigenvalue weighted by Gasteiger charge is 2.35. The summed E-state index contributed by atoms with van der Waals surface area (Å²) in [6.45, 7) is 1.21. The molecule has 0 spiro atoms. The van der Waals surface area contributed by atoms with Crippen LogP contribution in [0.5, 0.6) is 0 Å². The number of carbonyl (C=O) groups is 4. The van der Waals surface area contributed by atoms with Crippen molar-refractivity contribution in [2.75, 3.05) is 23.7 Å². The molecule has 8 nitrogen and oxygen atoms in total. The molecule has 4 aromatic rings. The summed E-state index contributed by atoms with van der Waals surface area (Å²) in [5.74, 6) is -0.321. The third kappa shape index (κ3) is 7.81. The van der Waals surface area contributed by atoms with Gasteiger partial charge in [-0.25, -0.2) is 0 Å². The predicted molar refractivity (Wildman–Crippen MR) is 185 cm³/mol. The van der Waals surface area contributed by atoms with Crippen molar-refractivity contribution in [3.05, 3.63) is 104 Å². The molecule has 2 aromatic heterocycles. The molecule has 2 saturated heterocycles. The largest absolute Gasteiger partial charge is 0.330 e. The lowest BCUT2D eigenvalue weighted by Gasteiger charge is -2.24. The molecule has 2 aliphatic rings. The molecule has 0 bridgehead atoms. The van der Waals surface area contributed by atoms with Crippen molar-refractivity contribution >= 4 is 69.8 Å². The molecular formula is C36H36N4O4S2. The van der Waals surface area contributed by atoms with Gasteiger partial charge in [0.25, 0.3) is 0 Å². The van der Waals surface area contributed by atoms with Gasteiger partial charge in [-0.1, -0.05) is 48.6 Å². The van der Waals surface area contributed by atoms with Crippen LogP contribution in [0, 0.1) is 0 Å². The second kappa shape index (κ2) is 14.7. The van der Waals surface area contributed by atoms with E-state index in [0.29, 0.717) is 50.1 Å². The van der Waals surface area contributed by atoms with Crippen LogP contribution in [0.3, 0.4) is 0 Å². The van der Waals surface area contributed by atoms with Crippen LogP contribution < -0.4 is 10.6 Å². The standard InChI is InChI=1S/C36H36N4O4S2/c41-33(23-29-5-3-21-45-29)39-19-1-7-31(39)35(43)37-27-15-11-25(12-16-27)9-10-26-13-17-28(18-14-26)38-36(44)32-8-2-20-40(32)34(42)24-30-6-4-22-46-30/h3-6,9-18,21-22,31-32H,1-2,7-8,19-20,23-24H2,(H,37,43)(H,38,44)/b10-9+/t31-,32-/m1/s1. The molecule has 10 heteroatoms. The summed E-state index contributed by atoms with van der Waals surface area (Å²) in [6.07, 6.45) is 7.60. The summed E-state index contributed by atoms with van der Waals surface area (Å²) in [5, 5.41) is 9.87. The average molecular weight is 653 g/mol. The Kier molecular flexibility index (Phi) is 10.0. The number of nitrogens with zero attached hydrogens (tertiary/aromatic N) is 2. The maximum absolute atomic E-state index is 13.0. The lowest BCUT2D eigenvalue weighted by atomic mass is 10.1. The van der Waals surface area contributed by atoms with E-state index in [1.807, 2.05) is 95.7 Å². The molecule has 4 heterocycles. The molecule has 2 N–H and O–H groups in total. The van der Waals surface area contributed by atoms with Crippen molar-refractivity contribution in [3.8, 4) is 0 Å². The van der Waals surface area contributed by atoms with E-state index in [2.05, 4.69) is 10.6 Å². The fraction of sp³-hybridized carbons (Fsp3) is 0.278. The smallest absolute Gasteiger partial charge is 0.247 e. The molecule has 0 radical (unpaired) electrons. The second-order valence-corrected chi connectivity index (χ2v) is 13.6. The normalized spacial score (nSPS) is 17.8. The molecule has 0 aliphatic carbocycles. The number of hydrogen-bond donors (Lipinski definition) is 2. The van der Waals surface area contributed by atoms with E-state index in [0.717, 1.165) is 33.7 Å². The Labute approximate surface area is 276 Å². The van der Waals surface area contributed by atoms with Gasteiger partial charge < -0.3 is 20.4 Å². The number of anilines is 2. The fourth-order valence-electron chi connectivity index (χ4n) is 6.00. The Bertz CT molecular complexity index is 1560. The van der Waals surface area contributed by atoms with Crippen LogP contribution in [-0.4, -0.2) is 58.6 Å². The van der Waals surface area contributed by atoms with Crippen LogP contribution in [0.1, 0.15) is 46.6 Å². The zero-order valence-corrected chi connectivity index (χ0v) is 27.0. The van der Waals surface area contributed by atoms with Crippen molar-refractivity contribution in [2.24, 2.45) is 0 Å². The summed E-state index contributed by atoms with van der Waals surface area (Å²) in [6, 6.07) is 22.0. The number of thiophene rings is 2. The minimum Gasteiger partial charge on any atom is -0.330 e. The highest BCUT2D eigenvalue weighted by atomic mass is 32.1. The average Bonchev–Trinajstić information content (AvgIpc) is 3.89. The Morgan fingerprint density at radius 3 is 1.41 bits per heavy atom. The minimum absolute atomic E-state index is 0.00612. The number of hydrogen-bond acceptors (Lipinski definition) is 6. The Hall–Kier alpha value is -4.54. The lowest BCUT2D eigenvalue weighted by molar-refractivity contribution is -0.136. The SMILES string of the molecule is O=C(Nc1ccc(/C=C/c2ccc(NC(=O)[C@H]3CCCN3C(=O)Cc3cccs3)cc2)cc1)[C@H]1CCCN1C(=O)Cc1cccs1. The van der Waals surface area contributed by atoms with E-state index >= 15 is 0 Å². The number of rotatable bonds is 10. The van der Waals surface area contributed by atoms with Crippen LogP contribution >= 0.6 is 22.7 Å². The fourth-order valence-corrected chi connectivity index (χ4v) is 7.39. The molecular weight excluding hydrogens is 617 g/mol. The minimum atomic E-state index is -0.448. The van der Waals surface area contributed by atoms with Crippen LogP contribution in [0.25, 0.3) is 12.2 Å². The van der Waals surface area contributed by atoms with Gasteiger partial charge >= 0.3 is 0 Å². The lowest BCUT2D eigenvalue weighted by Crippen LogP contribution is -2.43. The van der Waals surface area contributed by atoms with Crippen molar-refractivity contribution < 1.29 is 19.2 Å². The summed E-state index contributed by atoms with van der Waals surface area (Å²) >= 11 is 3.11. The van der Waals surface area contributed by atoms with E-state index in [1.165, 1.54) is 0 Å². The maximum Gasteiger partial charge on any atom is 0.247 e. The zero-order valence-electron chi connectivity index (χ0n) is 25.4. The van der Waals surface area contributed by atoms with Gasteiger partial charge in [0.2, 0.25) is 23.6 Å². The van der Waals surface area contributed by atoms with Crippen LogP contribution in [-0.2, 0) is 32.0 Å². The summed E-state index contributed by atoms with van der Waals surface area (Å²) in [4.78, 5) is 57.2. The third-order valence-corrected chi connectivity index (χ3v) is 10.1. The van der Waals surface area contributed by atoms with Crippen LogP contribution in [0.2, 0.25) is 0 Å². The first-order chi connectivity index (χ1) is 22.4. The summed E-state index contributed by atoms with van der Waals surface area (Å²) < 4.78 is 0. The molecule has 2 aliphatic heterocycles. The first-order valence-electron chi connectivity index (χ1n) is 15.6. The highest BCUT2D eigenvalue weighted by Crippen LogP contribution is 2.24. The Morgan fingerprint density at radius 1 is 0.630 bits per heavy atom. The van der Waals surface area contributed by atoms with E-state index in [4.69, 9.17) is 0 Å². The molecule has 0 saturated carbocycles. The first-order valence-corrected chi connectivity index (χ1v) is 17.3.